The average molecular weight is 170 g/mol. The Morgan fingerprint density at radius 3 is 2.17 bits per heavy atom. The fourth-order valence-corrected chi connectivity index (χ4v) is 0.962. The van der Waals surface area contributed by atoms with Gasteiger partial charge in [-0.05, 0) is 6.42 Å². The highest BCUT2D eigenvalue weighted by Gasteiger charge is 2.32. The Morgan fingerprint density at radius 2 is 1.83 bits per heavy atom. The van der Waals surface area contributed by atoms with Gasteiger partial charge in [-0.3, -0.25) is 0 Å². The van der Waals surface area contributed by atoms with Crippen molar-refractivity contribution in [3.8, 4) is 0 Å². The van der Waals surface area contributed by atoms with Crippen molar-refractivity contribution in [1.29, 1.82) is 0 Å². The van der Waals surface area contributed by atoms with Gasteiger partial charge in [-0.25, -0.2) is 0 Å². The molecule has 2 nitrogen and oxygen atoms in total. The number of hydrogen-bond acceptors (Lipinski definition) is 2. The highest BCUT2D eigenvalue weighted by molar-refractivity contribution is 4.96. The van der Waals surface area contributed by atoms with E-state index in [1.165, 1.54) is 6.08 Å². The largest absolute Gasteiger partial charge is 0.392 e. The lowest BCUT2D eigenvalue weighted by atomic mass is 9.79. The van der Waals surface area contributed by atoms with Crippen molar-refractivity contribution in [1.82, 2.24) is 0 Å². The minimum atomic E-state index is -0.688. The van der Waals surface area contributed by atoms with Crippen LogP contribution in [0.3, 0.4) is 0 Å². The smallest absolute Gasteiger partial charge is 0.0794 e. The number of rotatable bonds is 5. The summed E-state index contributed by atoms with van der Waals surface area (Å²) in [5.74, 6) is 0. The Labute approximate surface area is 74.2 Å². The molecule has 0 unspecified atom stereocenters. The summed E-state index contributed by atoms with van der Waals surface area (Å²) >= 11 is 0. The van der Waals surface area contributed by atoms with Crippen molar-refractivity contribution in [2.45, 2.75) is 32.5 Å². The van der Waals surface area contributed by atoms with Crippen LogP contribution >= 0.6 is 0 Å². The SMILES string of the molecule is C=CC[C@@H](O)C(C)(C)[C@H](O)C=C. The number of aliphatic hydroxyl groups is 2. The second-order valence-electron chi connectivity index (χ2n) is 3.54. The molecule has 0 rings (SSSR count). The molecule has 0 aromatic heterocycles. The van der Waals surface area contributed by atoms with Gasteiger partial charge in [0.15, 0.2) is 0 Å². The third-order valence-corrected chi connectivity index (χ3v) is 2.23. The van der Waals surface area contributed by atoms with Crippen molar-refractivity contribution < 1.29 is 10.2 Å². The summed E-state index contributed by atoms with van der Waals surface area (Å²) < 4.78 is 0. The number of aliphatic hydroxyl groups excluding tert-OH is 2. The molecule has 12 heavy (non-hydrogen) atoms. The van der Waals surface area contributed by atoms with E-state index in [0.29, 0.717) is 6.42 Å². The zero-order valence-electron chi connectivity index (χ0n) is 7.83. The molecule has 0 aliphatic heterocycles. The second-order valence-corrected chi connectivity index (χ2v) is 3.54. The van der Waals surface area contributed by atoms with Crippen molar-refractivity contribution in [2.24, 2.45) is 5.41 Å². The first-order valence-corrected chi connectivity index (χ1v) is 4.06. The van der Waals surface area contributed by atoms with E-state index in [0.717, 1.165) is 0 Å². The van der Waals surface area contributed by atoms with E-state index in [-0.39, 0.29) is 0 Å². The molecule has 0 saturated carbocycles. The van der Waals surface area contributed by atoms with Gasteiger partial charge in [-0.1, -0.05) is 26.0 Å². The van der Waals surface area contributed by atoms with Gasteiger partial charge in [-0.2, -0.15) is 0 Å². The summed E-state index contributed by atoms with van der Waals surface area (Å²) in [5, 5.41) is 19.1. The van der Waals surface area contributed by atoms with Crippen LogP contribution in [0.1, 0.15) is 20.3 Å². The molecule has 0 saturated heterocycles. The highest BCUT2D eigenvalue weighted by atomic mass is 16.3. The highest BCUT2D eigenvalue weighted by Crippen LogP contribution is 2.28. The predicted octanol–water partition coefficient (Wildman–Crippen LogP) is 1.50. The third kappa shape index (κ3) is 2.47. The Bertz CT molecular complexity index is 161. The zero-order chi connectivity index (χ0) is 9.78. The minimum absolute atomic E-state index is 0.484. The monoisotopic (exact) mass is 170 g/mol. The van der Waals surface area contributed by atoms with Crippen molar-refractivity contribution in [3.63, 3.8) is 0 Å². The summed E-state index contributed by atoms with van der Waals surface area (Å²) in [6.45, 7) is 10.6. The van der Waals surface area contributed by atoms with E-state index in [1.54, 1.807) is 19.9 Å². The lowest BCUT2D eigenvalue weighted by molar-refractivity contribution is -0.0233. The standard InChI is InChI=1S/C10H18O2/c1-5-7-9(12)10(3,4)8(11)6-2/h5-6,8-9,11-12H,1-2,7H2,3-4H3/t8-,9-/m1/s1. The quantitative estimate of drug-likeness (QED) is 0.614. The first-order valence-electron chi connectivity index (χ1n) is 4.06. The Balaban J connectivity index is 4.35. The van der Waals surface area contributed by atoms with Crippen LogP contribution in [0.2, 0.25) is 0 Å². The van der Waals surface area contributed by atoms with E-state index < -0.39 is 17.6 Å². The van der Waals surface area contributed by atoms with Crippen LogP contribution in [0.4, 0.5) is 0 Å². The van der Waals surface area contributed by atoms with Crippen LogP contribution in [0.25, 0.3) is 0 Å². The van der Waals surface area contributed by atoms with Gasteiger partial charge in [0.1, 0.15) is 0 Å². The molecule has 0 aliphatic carbocycles. The molecular formula is C10H18O2. The Morgan fingerprint density at radius 1 is 1.33 bits per heavy atom. The van der Waals surface area contributed by atoms with Crippen LogP contribution in [0, 0.1) is 5.41 Å². The van der Waals surface area contributed by atoms with Crippen molar-refractivity contribution >= 4 is 0 Å². The Hall–Kier alpha value is -0.600. The molecule has 0 bridgehead atoms. The molecule has 0 spiro atoms. The van der Waals surface area contributed by atoms with E-state index in [4.69, 9.17) is 0 Å². The molecule has 0 aromatic carbocycles. The lowest BCUT2D eigenvalue weighted by Gasteiger charge is -2.33. The summed E-state index contributed by atoms with van der Waals surface area (Å²) in [5.41, 5.74) is -0.560. The van der Waals surface area contributed by atoms with E-state index in [9.17, 15) is 10.2 Å². The molecule has 0 fully saturated rings. The molecule has 70 valence electrons. The zero-order valence-corrected chi connectivity index (χ0v) is 7.83. The van der Waals surface area contributed by atoms with Crippen LogP contribution in [-0.2, 0) is 0 Å². The second kappa shape index (κ2) is 4.43. The molecule has 0 heterocycles. The van der Waals surface area contributed by atoms with Crippen LogP contribution in [0.15, 0.2) is 25.3 Å². The van der Waals surface area contributed by atoms with Crippen LogP contribution < -0.4 is 0 Å². The van der Waals surface area contributed by atoms with E-state index >= 15 is 0 Å². The average Bonchev–Trinajstić information content (AvgIpc) is 2.03. The third-order valence-electron chi connectivity index (χ3n) is 2.23. The maximum atomic E-state index is 9.60. The maximum absolute atomic E-state index is 9.60. The predicted molar refractivity (Wildman–Crippen MR) is 50.8 cm³/mol. The van der Waals surface area contributed by atoms with Crippen molar-refractivity contribution in [2.75, 3.05) is 0 Å². The first kappa shape index (κ1) is 11.4. The summed E-state index contributed by atoms with van der Waals surface area (Å²) in [6.07, 6.45) is 2.29. The molecule has 2 atom stereocenters. The van der Waals surface area contributed by atoms with Gasteiger partial charge in [0.05, 0.1) is 12.2 Å². The molecule has 2 heteroatoms. The van der Waals surface area contributed by atoms with Gasteiger partial charge < -0.3 is 10.2 Å². The number of hydrogen-bond donors (Lipinski definition) is 2. The van der Waals surface area contributed by atoms with Gasteiger partial charge in [0, 0.05) is 5.41 Å². The van der Waals surface area contributed by atoms with Gasteiger partial charge >= 0.3 is 0 Å². The van der Waals surface area contributed by atoms with E-state index in [2.05, 4.69) is 13.2 Å². The molecule has 0 radical (unpaired) electrons. The summed E-state index contributed by atoms with van der Waals surface area (Å²) in [4.78, 5) is 0. The fraction of sp³-hybridized carbons (Fsp3) is 0.600. The molecular weight excluding hydrogens is 152 g/mol. The summed E-state index contributed by atoms with van der Waals surface area (Å²) in [6, 6.07) is 0. The normalized spacial score (nSPS) is 16.7. The minimum Gasteiger partial charge on any atom is -0.392 e. The van der Waals surface area contributed by atoms with Crippen LogP contribution in [0.5, 0.6) is 0 Å². The molecule has 2 N–H and O–H groups in total. The summed E-state index contributed by atoms with van der Waals surface area (Å²) in [7, 11) is 0. The molecule has 0 aliphatic rings. The fourth-order valence-electron chi connectivity index (χ4n) is 0.962. The molecule has 0 amide bonds. The lowest BCUT2D eigenvalue weighted by Crippen LogP contribution is -2.39. The maximum Gasteiger partial charge on any atom is 0.0794 e. The van der Waals surface area contributed by atoms with Crippen molar-refractivity contribution in [3.05, 3.63) is 25.3 Å². The van der Waals surface area contributed by atoms with Gasteiger partial charge in [-0.15, -0.1) is 13.2 Å². The topological polar surface area (TPSA) is 40.5 Å². The van der Waals surface area contributed by atoms with Gasteiger partial charge in [0.25, 0.3) is 0 Å². The van der Waals surface area contributed by atoms with E-state index in [1.807, 2.05) is 0 Å². The van der Waals surface area contributed by atoms with Crippen LogP contribution in [-0.4, -0.2) is 22.4 Å². The molecule has 0 aromatic rings. The Kier molecular flexibility index (Phi) is 4.21. The van der Waals surface area contributed by atoms with Gasteiger partial charge in [0.2, 0.25) is 0 Å². The first-order chi connectivity index (χ1) is 5.46.